The van der Waals surface area contributed by atoms with E-state index in [4.69, 9.17) is 16.9 Å². The number of nitriles is 1. The lowest BCUT2D eigenvalue weighted by Gasteiger charge is -1.99. The van der Waals surface area contributed by atoms with Gasteiger partial charge in [-0.15, -0.1) is 0 Å². The maximum atomic E-state index is 11.4. The molecule has 2 rings (SSSR count). The second-order valence-corrected chi connectivity index (χ2v) is 5.98. The Labute approximate surface area is 99.3 Å². The predicted octanol–water partition coefficient (Wildman–Crippen LogP) is 3.16. The zero-order valence-corrected chi connectivity index (χ0v) is 10.2. The number of hydrogen-bond acceptors (Lipinski definition) is 3. The van der Waals surface area contributed by atoms with Crippen LogP contribution in [0.1, 0.15) is 5.56 Å². The van der Waals surface area contributed by atoms with E-state index in [0.717, 1.165) is 10.1 Å². The highest BCUT2D eigenvalue weighted by Crippen LogP contribution is 2.37. The van der Waals surface area contributed by atoms with E-state index in [2.05, 4.69) is 6.07 Å². The van der Waals surface area contributed by atoms with Crippen molar-refractivity contribution >= 4 is 44.2 Å². The van der Waals surface area contributed by atoms with E-state index < -0.39 is 11.2 Å². The first kappa shape index (κ1) is 10.8. The van der Waals surface area contributed by atoms with Gasteiger partial charge in [0.05, 0.1) is 5.02 Å². The van der Waals surface area contributed by atoms with E-state index in [1.54, 1.807) is 12.3 Å². The SMILES string of the molecule is C[S+]([O-])c1sc2cccc(Cl)c2c1C#N. The summed E-state index contributed by atoms with van der Waals surface area (Å²) in [5.74, 6) is 0. The predicted molar refractivity (Wildman–Crippen MR) is 63.9 cm³/mol. The van der Waals surface area contributed by atoms with Gasteiger partial charge in [0.1, 0.15) is 17.9 Å². The molecule has 0 aliphatic heterocycles. The van der Waals surface area contributed by atoms with Crippen LogP contribution in [0.4, 0.5) is 0 Å². The number of fused-ring (bicyclic) bond motifs is 1. The van der Waals surface area contributed by atoms with Crippen LogP contribution in [-0.2, 0) is 11.2 Å². The van der Waals surface area contributed by atoms with Gasteiger partial charge in [0, 0.05) is 10.1 Å². The van der Waals surface area contributed by atoms with Crippen molar-refractivity contribution in [1.29, 1.82) is 5.26 Å². The van der Waals surface area contributed by atoms with Gasteiger partial charge >= 0.3 is 0 Å². The fourth-order valence-corrected chi connectivity index (χ4v) is 3.80. The zero-order chi connectivity index (χ0) is 11.0. The van der Waals surface area contributed by atoms with Crippen molar-refractivity contribution in [2.75, 3.05) is 6.26 Å². The molecule has 0 aliphatic carbocycles. The average molecular weight is 256 g/mol. The molecule has 0 saturated carbocycles. The van der Waals surface area contributed by atoms with E-state index in [1.165, 1.54) is 11.3 Å². The highest BCUT2D eigenvalue weighted by Gasteiger charge is 2.20. The van der Waals surface area contributed by atoms with Crippen molar-refractivity contribution in [2.24, 2.45) is 0 Å². The summed E-state index contributed by atoms with van der Waals surface area (Å²) in [6.45, 7) is 0. The first-order chi connectivity index (χ1) is 7.15. The molecule has 0 amide bonds. The molecule has 1 heterocycles. The van der Waals surface area contributed by atoms with Gasteiger partial charge in [0.15, 0.2) is 0 Å². The second kappa shape index (κ2) is 4.03. The second-order valence-electron chi connectivity index (χ2n) is 2.94. The first-order valence-electron chi connectivity index (χ1n) is 4.09. The molecule has 0 N–H and O–H groups in total. The van der Waals surface area contributed by atoms with Crippen LogP contribution >= 0.6 is 22.9 Å². The minimum atomic E-state index is -1.14. The van der Waals surface area contributed by atoms with Gasteiger partial charge in [-0.3, -0.25) is 0 Å². The maximum absolute atomic E-state index is 11.4. The molecule has 1 aromatic carbocycles. The molecule has 76 valence electrons. The Balaban J connectivity index is 2.88. The number of nitrogens with zero attached hydrogens (tertiary/aromatic N) is 1. The van der Waals surface area contributed by atoms with Crippen LogP contribution in [0.15, 0.2) is 22.4 Å². The van der Waals surface area contributed by atoms with Gasteiger partial charge in [-0.1, -0.05) is 29.0 Å². The quantitative estimate of drug-likeness (QED) is 0.735. The Kier molecular flexibility index (Phi) is 2.89. The topological polar surface area (TPSA) is 46.8 Å². The molecule has 5 heteroatoms. The Morgan fingerprint density at radius 2 is 2.27 bits per heavy atom. The molecule has 1 aromatic heterocycles. The monoisotopic (exact) mass is 255 g/mol. The lowest BCUT2D eigenvalue weighted by Crippen LogP contribution is -1.95. The van der Waals surface area contributed by atoms with Crippen LogP contribution in [0.2, 0.25) is 5.02 Å². The van der Waals surface area contributed by atoms with Gasteiger partial charge in [-0.25, -0.2) is 0 Å². The van der Waals surface area contributed by atoms with Crippen LogP contribution in [0.25, 0.3) is 10.1 Å². The smallest absolute Gasteiger partial charge is 0.225 e. The lowest BCUT2D eigenvalue weighted by molar-refractivity contribution is 0.602. The molecule has 0 fully saturated rings. The molecule has 0 radical (unpaired) electrons. The molecule has 0 spiro atoms. The number of thiophene rings is 1. The van der Waals surface area contributed by atoms with Gasteiger partial charge in [0.25, 0.3) is 0 Å². The maximum Gasteiger partial charge on any atom is 0.225 e. The average Bonchev–Trinajstić information content (AvgIpc) is 2.57. The first-order valence-corrected chi connectivity index (χ1v) is 6.85. The number of halogens is 1. The Morgan fingerprint density at radius 3 is 2.87 bits per heavy atom. The van der Waals surface area contributed by atoms with Gasteiger partial charge < -0.3 is 4.55 Å². The molecule has 1 unspecified atom stereocenters. The lowest BCUT2D eigenvalue weighted by atomic mass is 10.2. The Morgan fingerprint density at radius 1 is 1.53 bits per heavy atom. The molecular weight excluding hydrogens is 250 g/mol. The van der Waals surface area contributed by atoms with Crippen LogP contribution < -0.4 is 0 Å². The summed E-state index contributed by atoms with van der Waals surface area (Å²) in [6.07, 6.45) is 1.57. The molecular formula is C10H6ClNOS2. The third kappa shape index (κ3) is 1.72. The number of rotatable bonds is 1. The van der Waals surface area contributed by atoms with Crippen LogP contribution in [-0.4, -0.2) is 10.8 Å². The fraction of sp³-hybridized carbons (Fsp3) is 0.100. The van der Waals surface area contributed by atoms with E-state index in [9.17, 15) is 4.55 Å². The summed E-state index contributed by atoms with van der Waals surface area (Å²) in [7, 11) is 0. The normalized spacial score (nSPS) is 12.7. The summed E-state index contributed by atoms with van der Waals surface area (Å²) in [6, 6.07) is 7.51. The minimum Gasteiger partial charge on any atom is -0.611 e. The van der Waals surface area contributed by atoms with Gasteiger partial charge in [0.2, 0.25) is 4.21 Å². The standard InChI is InChI=1S/C10H6ClNOS2/c1-15(13)10-6(5-12)9-7(11)3-2-4-8(9)14-10/h2-4H,1H3. The molecule has 1 atom stereocenters. The van der Waals surface area contributed by atoms with Gasteiger partial charge in [-0.05, 0) is 23.3 Å². The van der Waals surface area contributed by atoms with E-state index in [0.29, 0.717) is 14.8 Å². The third-order valence-electron chi connectivity index (χ3n) is 2.01. The van der Waals surface area contributed by atoms with Crippen molar-refractivity contribution in [3.63, 3.8) is 0 Å². The summed E-state index contributed by atoms with van der Waals surface area (Å²) < 4.78 is 12.9. The van der Waals surface area contributed by atoms with Crippen molar-refractivity contribution in [2.45, 2.75) is 4.21 Å². The van der Waals surface area contributed by atoms with Crippen molar-refractivity contribution < 1.29 is 4.55 Å². The van der Waals surface area contributed by atoms with E-state index in [1.807, 2.05) is 12.1 Å². The molecule has 0 bridgehead atoms. The van der Waals surface area contributed by atoms with Crippen LogP contribution in [0.3, 0.4) is 0 Å². The van der Waals surface area contributed by atoms with Crippen LogP contribution in [0.5, 0.6) is 0 Å². The highest BCUT2D eigenvalue weighted by atomic mass is 35.5. The molecule has 0 aliphatic rings. The fourth-order valence-electron chi connectivity index (χ4n) is 1.39. The molecule has 2 aromatic rings. The van der Waals surface area contributed by atoms with Crippen molar-refractivity contribution in [3.8, 4) is 6.07 Å². The zero-order valence-electron chi connectivity index (χ0n) is 7.78. The molecule has 15 heavy (non-hydrogen) atoms. The minimum absolute atomic E-state index is 0.446. The van der Waals surface area contributed by atoms with Crippen molar-refractivity contribution in [1.82, 2.24) is 0 Å². The third-order valence-corrected chi connectivity index (χ3v) is 4.95. The molecule has 2 nitrogen and oxygen atoms in total. The summed E-state index contributed by atoms with van der Waals surface area (Å²) in [5, 5.41) is 10.3. The van der Waals surface area contributed by atoms with Gasteiger partial charge in [-0.2, -0.15) is 5.26 Å². The van der Waals surface area contributed by atoms with E-state index in [-0.39, 0.29) is 0 Å². The number of benzene rings is 1. The largest absolute Gasteiger partial charge is 0.611 e. The van der Waals surface area contributed by atoms with E-state index >= 15 is 0 Å². The Bertz CT molecular complexity index is 556. The summed E-state index contributed by atoms with van der Waals surface area (Å²) in [4.78, 5) is 0. The molecule has 0 saturated heterocycles. The summed E-state index contributed by atoms with van der Waals surface area (Å²) in [5.41, 5.74) is 0.446. The number of hydrogen-bond donors (Lipinski definition) is 0. The highest BCUT2D eigenvalue weighted by molar-refractivity contribution is 7.93. The Hall–Kier alpha value is -0.730. The summed E-state index contributed by atoms with van der Waals surface area (Å²) >= 11 is 6.24. The van der Waals surface area contributed by atoms with Crippen molar-refractivity contribution in [3.05, 3.63) is 28.8 Å². The van der Waals surface area contributed by atoms with Crippen LogP contribution in [0, 0.1) is 11.3 Å².